The van der Waals surface area contributed by atoms with Gasteiger partial charge in [0.25, 0.3) is 0 Å². The highest BCUT2D eigenvalue weighted by Gasteiger charge is 2.31. The average Bonchev–Trinajstić information content (AvgIpc) is 2.52. The molecule has 128 valence electrons. The Bertz CT molecular complexity index is 496. The van der Waals surface area contributed by atoms with Crippen LogP contribution in [0.1, 0.15) is 47.0 Å². The Labute approximate surface area is 140 Å². The molecule has 4 heteroatoms. The Balaban J connectivity index is 1.97. The molecule has 1 N–H and O–H groups in total. The highest BCUT2D eigenvalue weighted by Crippen LogP contribution is 2.25. The molecule has 0 saturated carbocycles. The molecule has 0 spiro atoms. The first-order valence-corrected chi connectivity index (χ1v) is 8.68. The van der Waals surface area contributed by atoms with Crippen LogP contribution in [0, 0.1) is 5.92 Å². The summed E-state index contributed by atoms with van der Waals surface area (Å²) >= 11 is 0. The fourth-order valence-corrected chi connectivity index (χ4v) is 3.13. The molecular weight excluding hydrogens is 288 g/mol. The standard InChI is InChI=1S/C19H30N2O2/c1-5-17(20-16-11-7-6-8-12-16)15-10-9-13-21(14-15)18(22)23-19(2,3)4/h6-8,11-12,15,17,20H,5,9-10,13-14H2,1-4H3/t15-,17+/m0/s1. The second kappa shape index (κ2) is 7.71. The maximum atomic E-state index is 12.3. The smallest absolute Gasteiger partial charge is 0.410 e. The van der Waals surface area contributed by atoms with Crippen molar-refractivity contribution in [3.8, 4) is 0 Å². The van der Waals surface area contributed by atoms with Crippen LogP contribution in [0.4, 0.5) is 10.5 Å². The van der Waals surface area contributed by atoms with Gasteiger partial charge in [-0.25, -0.2) is 4.79 Å². The van der Waals surface area contributed by atoms with Crippen LogP contribution < -0.4 is 5.32 Å². The van der Waals surface area contributed by atoms with Crippen LogP contribution in [0.2, 0.25) is 0 Å². The summed E-state index contributed by atoms with van der Waals surface area (Å²) in [7, 11) is 0. The lowest BCUT2D eigenvalue weighted by atomic mass is 9.89. The highest BCUT2D eigenvalue weighted by atomic mass is 16.6. The summed E-state index contributed by atoms with van der Waals surface area (Å²) in [5.74, 6) is 0.460. The molecule has 2 atom stereocenters. The van der Waals surface area contributed by atoms with Crippen LogP contribution in [0.5, 0.6) is 0 Å². The summed E-state index contributed by atoms with van der Waals surface area (Å²) in [5, 5.41) is 3.63. The van der Waals surface area contributed by atoms with E-state index in [9.17, 15) is 4.79 Å². The normalized spacial score (nSPS) is 20.0. The Morgan fingerprint density at radius 1 is 1.35 bits per heavy atom. The largest absolute Gasteiger partial charge is 0.444 e. The molecule has 1 aromatic rings. The number of hydrogen-bond donors (Lipinski definition) is 1. The molecule has 1 aromatic carbocycles. The number of carbonyl (C=O) groups excluding carboxylic acids is 1. The molecular formula is C19H30N2O2. The van der Waals surface area contributed by atoms with Crippen molar-refractivity contribution in [3.05, 3.63) is 30.3 Å². The molecule has 0 bridgehead atoms. The van der Waals surface area contributed by atoms with Gasteiger partial charge in [-0.05, 0) is 58.1 Å². The van der Waals surface area contributed by atoms with Crippen LogP contribution in [0.3, 0.4) is 0 Å². The van der Waals surface area contributed by atoms with Gasteiger partial charge in [0.1, 0.15) is 5.60 Å². The third-order valence-electron chi connectivity index (χ3n) is 4.24. The molecule has 0 unspecified atom stereocenters. The third-order valence-corrected chi connectivity index (χ3v) is 4.24. The van der Waals surface area contributed by atoms with Gasteiger partial charge in [-0.15, -0.1) is 0 Å². The van der Waals surface area contributed by atoms with E-state index in [0.29, 0.717) is 12.0 Å². The van der Waals surface area contributed by atoms with E-state index in [2.05, 4.69) is 24.4 Å². The SMILES string of the molecule is CC[C@@H](Nc1ccccc1)[C@H]1CCCN(C(=O)OC(C)(C)C)C1. The first-order valence-electron chi connectivity index (χ1n) is 8.68. The van der Waals surface area contributed by atoms with E-state index in [0.717, 1.165) is 38.0 Å². The van der Waals surface area contributed by atoms with Crippen LogP contribution >= 0.6 is 0 Å². The van der Waals surface area contributed by atoms with E-state index >= 15 is 0 Å². The predicted octanol–water partition coefficient (Wildman–Crippen LogP) is 4.52. The number of anilines is 1. The van der Waals surface area contributed by atoms with E-state index in [1.165, 1.54) is 0 Å². The van der Waals surface area contributed by atoms with Gasteiger partial charge in [-0.3, -0.25) is 0 Å². The van der Waals surface area contributed by atoms with Crippen LogP contribution in [-0.4, -0.2) is 35.7 Å². The van der Waals surface area contributed by atoms with Crippen molar-refractivity contribution < 1.29 is 9.53 Å². The lowest BCUT2D eigenvalue weighted by Gasteiger charge is -2.38. The summed E-state index contributed by atoms with van der Waals surface area (Å²) in [6.07, 6.45) is 3.05. The van der Waals surface area contributed by atoms with E-state index in [4.69, 9.17) is 4.74 Å². The third kappa shape index (κ3) is 5.45. The number of para-hydroxylation sites is 1. The number of nitrogens with zero attached hydrogens (tertiary/aromatic N) is 1. The van der Waals surface area contributed by atoms with Gasteiger partial charge in [-0.2, -0.15) is 0 Å². The molecule has 2 rings (SSSR count). The maximum absolute atomic E-state index is 12.3. The van der Waals surface area contributed by atoms with Crippen molar-refractivity contribution in [2.45, 2.75) is 58.6 Å². The molecule has 1 aliphatic heterocycles. The van der Waals surface area contributed by atoms with Gasteiger partial charge >= 0.3 is 6.09 Å². The van der Waals surface area contributed by atoms with Crippen molar-refractivity contribution in [2.24, 2.45) is 5.92 Å². The number of likely N-dealkylation sites (tertiary alicyclic amines) is 1. The Hall–Kier alpha value is -1.71. The van der Waals surface area contributed by atoms with Gasteiger partial charge in [-0.1, -0.05) is 25.1 Å². The summed E-state index contributed by atoms with van der Waals surface area (Å²) in [6, 6.07) is 10.7. The van der Waals surface area contributed by atoms with Crippen LogP contribution in [-0.2, 0) is 4.74 Å². The number of ether oxygens (including phenoxy) is 1. The Morgan fingerprint density at radius 3 is 2.65 bits per heavy atom. The number of hydrogen-bond acceptors (Lipinski definition) is 3. The van der Waals surface area contributed by atoms with Gasteiger partial charge in [0.15, 0.2) is 0 Å². The fourth-order valence-electron chi connectivity index (χ4n) is 3.13. The monoisotopic (exact) mass is 318 g/mol. The lowest BCUT2D eigenvalue weighted by molar-refractivity contribution is 0.0156. The van der Waals surface area contributed by atoms with Crippen molar-refractivity contribution in [1.82, 2.24) is 4.90 Å². The van der Waals surface area contributed by atoms with Crippen molar-refractivity contribution >= 4 is 11.8 Å². The first-order chi connectivity index (χ1) is 10.9. The summed E-state index contributed by atoms with van der Waals surface area (Å²) in [5.41, 5.74) is 0.713. The van der Waals surface area contributed by atoms with Gasteiger partial charge in [0.2, 0.25) is 0 Å². The number of rotatable bonds is 4. The van der Waals surface area contributed by atoms with E-state index in [1.54, 1.807) is 0 Å². The first kappa shape index (κ1) is 17.6. The second-order valence-corrected chi connectivity index (χ2v) is 7.35. The van der Waals surface area contributed by atoms with Crippen molar-refractivity contribution in [2.75, 3.05) is 18.4 Å². The van der Waals surface area contributed by atoms with Crippen molar-refractivity contribution in [3.63, 3.8) is 0 Å². The van der Waals surface area contributed by atoms with Gasteiger partial charge in [0.05, 0.1) is 0 Å². The van der Waals surface area contributed by atoms with Gasteiger partial charge in [0, 0.05) is 24.8 Å². The molecule has 4 nitrogen and oxygen atoms in total. The number of piperidine rings is 1. The van der Waals surface area contributed by atoms with E-state index < -0.39 is 5.60 Å². The zero-order valence-electron chi connectivity index (χ0n) is 14.8. The van der Waals surface area contributed by atoms with Crippen LogP contribution in [0.15, 0.2) is 30.3 Å². The minimum atomic E-state index is -0.434. The molecule has 0 aromatic heterocycles. The van der Waals surface area contributed by atoms with Crippen molar-refractivity contribution in [1.29, 1.82) is 0 Å². The zero-order valence-corrected chi connectivity index (χ0v) is 14.8. The minimum absolute atomic E-state index is 0.184. The topological polar surface area (TPSA) is 41.6 Å². The maximum Gasteiger partial charge on any atom is 0.410 e. The minimum Gasteiger partial charge on any atom is -0.444 e. The number of amides is 1. The highest BCUT2D eigenvalue weighted by molar-refractivity contribution is 5.68. The Morgan fingerprint density at radius 2 is 2.04 bits per heavy atom. The molecule has 0 radical (unpaired) electrons. The quantitative estimate of drug-likeness (QED) is 0.887. The predicted molar refractivity (Wildman–Crippen MR) is 94.7 cm³/mol. The molecule has 0 aliphatic carbocycles. The summed E-state index contributed by atoms with van der Waals surface area (Å²) in [6.45, 7) is 9.52. The van der Waals surface area contributed by atoms with Gasteiger partial charge < -0.3 is 15.0 Å². The molecule has 1 amide bonds. The number of benzene rings is 1. The summed E-state index contributed by atoms with van der Waals surface area (Å²) in [4.78, 5) is 14.2. The zero-order chi connectivity index (χ0) is 16.9. The number of carbonyl (C=O) groups is 1. The second-order valence-electron chi connectivity index (χ2n) is 7.35. The van der Waals surface area contributed by atoms with Crippen LogP contribution in [0.25, 0.3) is 0 Å². The van der Waals surface area contributed by atoms with E-state index in [1.807, 2.05) is 43.9 Å². The molecule has 1 heterocycles. The average molecular weight is 318 g/mol. The number of nitrogens with one attached hydrogen (secondary N) is 1. The molecule has 1 fully saturated rings. The fraction of sp³-hybridized carbons (Fsp3) is 0.632. The molecule has 23 heavy (non-hydrogen) atoms. The molecule has 1 saturated heterocycles. The van der Waals surface area contributed by atoms with E-state index in [-0.39, 0.29) is 6.09 Å². The molecule has 1 aliphatic rings. The Kier molecular flexibility index (Phi) is 5.91. The lowest BCUT2D eigenvalue weighted by Crippen LogP contribution is -2.47. The summed E-state index contributed by atoms with van der Waals surface area (Å²) < 4.78 is 5.52.